The Balaban J connectivity index is 1.80. The van der Waals surface area contributed by atoms with Gasteiger partial charge in [-0.15, -0.1) is 0 Å². The van der Waals surface area contributed by atoms with Crippen molar-refractivity contribution < 1.29 is 14.7 Å². The number of hydrogen-bond acceptors (Lipinski definition) is 3. The van der Waals surface area contributed by atoms with E-state index in [2.05, 4.69) is 5.10 Å². The predicted octanol–water partition coefficient (Wildman–Crippen LogP) is 1.68. The highest BCUT2D eigenvalue weighted by molar-refractivity contribution is 5.93. The standard InChI is InChI=1S/C17H19N3O3/c1-19-14(7-10-18-19)15(21)20-11-8-17(9-12-20,16(22)23)13-5-3-2-4-6-13/h2-7,10H,8-9,11-12H2,1H3,(H,22,23). The molecule has 0 spiro atoms. The van der Waals surface area contributed by atoms with Crippen LogP contribution >= 0.6 is 0 Å². The number of nitrogens with zero attached hydrogens (tertiary/aromatic N) is 3. The van der Waals surface area contributed by atoms with Crippen LogP contribution in [0.25, 0.3) is 0 Å². The fourth-order valence-electron chi connectivity index (χ4n) is 3.22. The van der Waals surface area contributed by atoms with Gasteiger partial charge in [-0.25, -0.2) is 0 Å². The van der Waals surface area contributed by atoms with Gasteiger partial charge in [0.1, 0.15) is 5.69 Å². The van der Waals surface area contributed by atoms with E-state index < -0.39 is 11.4 Å². The topological polar surface area (TPSA) is 75.4 Å². The van der Waals surface area contributed by atoms with Crippen molar-refractivity contribution in [3.63, 3.8) is 0 Å². The molecule has 2 heterocycles. The number of hydrogen-bond donors (Lipinski definition) is 1. The van der Waals surface area contributed by atoms with Crippen molar-refractivity contribution in [2.45, 2.75) is 18.3 Å². The molecule has 0 unspecified atom stereocenters. The molecule has 1 aliphatic heterocycles. The third-order valence-electron chi connectivity index (χ3n) is 4.68. The molecule has 0 bridgehead atoms. The number of rotatable bonds is 3. The van der Waals surface area contributed by atoms with Crippen molar-refractivity contribution in [1.82, 2.24) is 14.7 Å². The molecule has 120 valence electrons. The van der Waals surface area contributed by atoms with Crippen LogP contribution in [0, 0.1) is 0 Å². The Morgan fingerprint density at radius 1 is 1.13 bits per heavy atom. The Morgan fingerprint density at radius 2 is 1.78 bits per heavy atom. The van der Waals surface area contributed by atoms with E-state index in [-0.39, 0.29) is 5.91 Å². The summed E-state index contributed by atoms with van der Waals surface area (Å²) in [6.07, 6.45) is 2.41. The summed E-state index contributed by atoms with van der Waals surface area (Å²) in [4.78, 5) is 26.1. The average Bonchev–Trinajstić information content (AvgIpc) is 3.01. The van der Waals surface area contributed by atoms with Crippen LogP contribution in [0.15, 0.2) is 42.6 Å². The number of likely N-dealkylation sites (tertiary alicyclic amines) is 1. The number of carbonyl (C=O) groups excluding carboxylic acids is 1. The maximum atomic E-state index is 12.5. The second-order valence-electron chi connectivity index (χ2n) is 5.89. The zero-order valence-electron chi connectivity index (χ0n) is 13.0. The Bertz CT molecular complexity index is 716. The van der Waals surface area contributed by atoms with E-state index in [9.17, 15) is 14.7 Å². The Hall–Kier alpha value is -2.63. The van der Waals surface area contributed by atoms with Crippen molar-refractivity contribution >= 4 is 11.9 Å². The molecule has 1 amide bonds. The number of benzene rings is 1. The Morgan fingerprint density at radius 3 is 2.30 bits per heavy atom. The van der Waals surface area contributed by atoms with E-state index >= 15 is 0 Å². The second kappa shape index (κ2) is 5.87. The summed E-state index contributed by atoms with van der Waals surface area (Å²) in [7, 11) is 1.72. The smallest absolute Gasteiger partial charge is 0.314 e. The Kier molecular flexibility index (Phi) is 3.90. The van der Waals surface area contributed by atoms with Crippen molar-refractivity contribution in [2.24, 2.45) is 7.05 Å². The number of carbonyl (C=O) groups is 2. The molecule has 2 aromatic rings. The van der Waals surface area contributed by atoms with Gasteiger partial charge < -0.3 is 10.0 Å². The molecule has 0 aliphatic carbocycles. The first kappa shape index (κ1) is 15.3. The van der Waals surface area contributed by atoms with Gasteiger partial charge in [0.2, 0.25) is 0 Å². The summed E-state index contributed by atoms with van der Waals surface area (Å²) < 4.78 is 1.54. The van der Waals surface area contributed by atoms with Gasteiger partial charge in [-0.05, 0) is 24.5 Å². The maximum Gasteiger partial charge on any atom is 0.314 e. The van der Waals surface area contributed by atoms with Crippen LogP contribution in [0.2, 0.25) is 0 Å². The minimum Gasteiger partial charge on any atom is -0.481 e. The molecule has 1 saturated heterocycles. The summed E-state index contributed by atoms with van der Waals surface area (Å²) >= 11 is 0. The number of carboxylic acids is 1. The molecule has 6 nitrogen and oxygen atoms in total. The summed E-state index contributed by atoms with van der Waals surface area (Å²) in [5, 5.41) is 13.8. The third kappa shape index (κ3) is 2.60. The van der Waals surface area contributed by atoms with Gasteiger partial charge in [-0.1, -0.05) is 30.3 Å². The van der Waals surface area contributed by atoms with Gasteiger partial charge in [0, 0.05) is 26.3 Å². The summed E-state index contributed by atoms with van der Waals surface area (Å²) in [5.74, 6) is -0.923. The molecule has 1 aromatic heterocycles. The van der Waals surface area contributed by atoms with Crippen molar-refractivity contribution in [1.29, 1.82) is 0 Å². The summed E-state index contributed by atoms with van der Waals surface area (Å²) in [6.45, 7) is 0.844. The zero-order chi connectivity index (χ0) is 16.4. The van der Waals surface area contributed by atoms with Crippen LogP contribution in [-0.4, -0.2) is 44.8 Å². The van der Waals surface area contributed by atoms with Gasteiger partial charge in [0.05, 0.1) is 5.41 Å². The van der Waals surface area contributed by atoms with Gasteiger partial charge in [0.15, 0.2) is 0 Å². The first-order chi connectivity index (χ1) is 11.0. The maximum absolute atomic E-state index is 12.5. The van der Waals surface area contributed by atoms with Gasteiger partial charge in [0.25, 0.3) is 5.91 Å². The number of aromatic nitrogens is 2. The van der Waals surface area contributed by atoms with E-state index in [1.165, 1.54) is 0 Å². The monoisotopic (exact) mass is 313 g/mol. The number of aliphatic carboxylic acids is 1. The lowest BCUT2D eigenvalue weighted by molar-refractivity contribution is -0.145. The van der Waals surface area contributed by atoms with Crippen LogP contribution in [0.5, 0.6) is 0 Å². The molecular weight excluding hydrogens is 294 g/mol. The van der Waals surface area contributed by atoms with E-state index in [1.54, 1.807) is 28.9 Å². The highest BCUT2D eigenvalue weighted by Gasteiger charge is 2.44. The highest BCUT2D eigenvalue weighted by atomic mass is 16.4. The molecule has 1 aromatic carbocycles. The first-order valence-corrected chi connectivity index (χ1v) is 7.61. The molecular formula is C17H19N3O3. The molecule has 23 heavy (non-hydrogen) atoms. The number of amides is 1. The van der Waals surface area contributed by atoms with E-state index in [1.807, 2.05) is 30.3 Å². The lowest BCUT2D eigenvalue weighted by Gasteiger charge is -2.39. The fraction of sp³-hybridized carbons (Fsp3) is 0.353. The number of piperidine rings is 1. The molecule has 0 atom stereocenters. The highest BCUT2D eigenvalue weighted by Crippen LogP contribution is 2.36. The van der Waals surface area contributed by atoms with Crippen LogP contribution in [0.3, 0.4) is 0 Å². The van der Waals surface area contributed by atoms with Crippen molar-refractivity contribution in [2.75, 3.05) is 13.1 Å². The SMILES string of the molecule is Cn1nccc1C(=O)N1CCC(C(=O)O)(c2ccccc2)CC1. The van der Waals surface area contributed by atoms with Crippen LogP contribution in [0.1, 0.15) is 28.9 Å². The summed E-state index contributed by atoms with van der Waals surface area (Å²) in [5.41, 5.74) is 0.414. The number of aryl methyl sites for hydroxylation is 1. The van der Waals surface area contributed by atoms with Crippen LogP contribution in [0.4, 0.5) is 0 Å². The average molecular weight is 313 g/mol. The normalized spacial score (nSPS) is 17.0. The molecule has 1 aliphatic rings. The fourth-order valence-corrected chi connectivity index (χ4v) is 3.22. The minimum atomic E-state index is -0.912. The largest absolute Gasteiger partial charge is 0.481 e. The van der Waals surface area contributed by atoms with Crippen molar-refractivity contribution in [3.8, 4) is 0 Å². The molecule has 6 heteroatoms. The first-order valence-electron chi connectivity index (χ1n) is 7.61. The zero-order valence-corrected chi connectivity index (χ0v) is 13.0. The van der Waals surface area contributed by atoms with Gasteiger partial charge in [-0.2, -0.15) is 5.10 Å². The van der Waals surface area contributed by atoms with Crippen LogP contribution < -0.4 is 0 Å². The second-order valence-corrected chi connectivity index (χ2v) is 5.89. The van der Waals surface area contributed by atoms with Gasteiger partial charge in [-0.3, -0.25) is 14.3 Å². The minimum absolute atomic E-state index is 0.1000. The van der Waals surface area contributed by atoms with E-state index in [0.29, 0.717) is 31.6 Å². The molecule has 1 N–H and O–H groups in total. The lowest BCUT2D eigenvalue weighted by Crippen LogP contribution is -2.49. The predicted molar refractivity (Wildman–Crippen MR) is 84.1 cm³/mol. The quantitative estimate of drug-likeness (QED) is 0.935. The molecule has 0 radical (unpaired) electrons. The summed E-state index contributed by atoms with van der Waals surface area (Å²) in [6, 6.07) is 11.0. The van der Waals surface area contributed by atoms with Crippen molar-refractivity contribution in [3.05, 3.63) is 53.9 Å². The van der Waals surface area contributed by atoms with Crippen LogP contribution in [-0.2, 0) is 17.3 Å². The number of carboxylic acid groups (broad SMARTS) is 1. The van der Waals surface area contributed by atoms with E-state index in [4.69, 9.17) is 0 Å². The van der Waals surface area contributed by atoms with Gasteiger partial charge >= 0.3 is 5.97 Å². The lowest BCUT2D eigenvalue weighted by atomic mass is 9.73. The third-order valence-corrected chi connectivity index (χ3v) is 4.68. The molecule has 1 fully saturated rings. The van der Waals surface area contributed by atoms with E-state index in [0.717, 1.165) is 5.56 Å². The molecule has 0 saturated carbocycles. The molecule has 3 rings (SSSR count). The Labute approximate surface area is 134 Å².